The number of nitrogens with zero attached hydrogens (tertiary/aromatic N) is 1. The maximum atomic E-state index is 8.79. The van der Waals surface area contributed by atoms with Crippen LogP contribution in [-0.4, -0.2) is 29.8 Å². The van der Waals surface area contributed by atoms with Crippen molar-refractivity contribution >= 4 is 5.84 Å². The van der Waals surface area contributed by atoms with Gasteiger partial charge in [0.15, 0.2) is 5.84 Å². The molecule has 1 aromatic carbocycles. The van der Waals surface area contributed by atoms with Gasteiger partial charge in [0.2, 0.25) is 0 Å². The summed E-state index contributed by atoms with van der Waals surface area (Å²) in [5, 5.41) is 15.4. The molecule has 0 radical (unpaired) electrons. The average molecular weight is 263 g/mol. The largest absolute Gasteiger partial charge is 0.409 e. The van der Waals surface area contributed by atoms with Gasteiger partial charge in [-0.25, -0.2) is 0 Å². The first-order valence-corrected chi connectivity index (χ1v) is 6.61. The molecule has 2 unspecified atom stereocenters. The van der Waals surface area contributed by atoms with Crippen LogP contribution in [0.5, 0.6) is 0 Å². The molecule has 0 bridgehead atoms. The van der Waals surface area contributed by atoms with Gasteiger partial charge in [0.25, 0.3) is 0 Å². The number of oxime groups is 1. The summed E-state index contributed by atoms with van der Waals surface area (Å²) in [5.41, 5.74) is 7.49. The lowest BCUT2D eigenvalue weighted by molar-refractivity contribution is 0.0130. The Labute approximate surface area is 113 Å². The van der Waals surface area contributed by atoms with Crippen molar-refractivity contribution in [3.05, 3.63) is 35.4 Å². The lowest BCUT2D eigenvalue weighted by Gasteiger charge is -2.28. The van der Waals surface area contributed by atoms with Gasteiger partial charge >= 0.3 is 0 Å². The van der Waals surface area contributed by atoms with Crippen molar-refractivity contribution in [2.45, 2.75) is 38.5 Å². The van der Waals surface area contributed by atoms with Crippen molar-refractivity contribution in [1.29, 1.82) is 0 Å². The zero-order valence-corrected chi connectivity index (χ0v) is 11.2. The molecule has 1 heterocycles. The highest BCUT2D eigenvalue weighted by Gasteiger charge is 2.19. The fourth-order valence-electron chi connectivity index (χ4n) is 2.42. The number of nitrogens with two attached hydrogens (primary N) is 1. The van der Waals surface area contributed by atoms with E-state index in [4.69, 9.17) is 15.7 Å². The van der Waals surface area contributed by atoms with Crippen LogP contribution in [0.25, 0.3) is 0 Å². The van der Waals surface area contributed by atoms with E-state index in [0.717, 1.165) is 30.6 Å². The molecule has 1 aromatic rings. The maximum absolute atomic E-state index is 8.79. The van der Waals surface area contributed by atoms with Crippen molar-refractivity contribution < 1.29 is 9.94 Å². The predicted molar refractivity (Wildman–Crippen MR) is 74.2 cm³/mol. The van der Waals surface area contributed by atoms with Gasteiger partial charge in [0.05, 0.1) is 6.10 Å². The van der Waals surface area contributed by atoms with Crippen LogP contribution in [0.15, 0.2) is 29.4 Å². The Balaban J connectivity index is 1.99. The van der Waals surface area contributed by atoms with Crippen LogP contribution in [0, 0.1) is 0 Å². The van der Waals surface area contributed by atoms with Gasteiger partial charge in [-0.05, 0) is 25.3 Å². The zero-order chi connectivity index (χ0) is 13.7. The highest BCUT2D eigenvalue weighted by molar-refractivity contribution is 5.98. The number of ether oxygens (including phenoxy) is 1. The summed E-state index contributed by atoms with van der Waals surface area (Å²) in [6.45, 7) is 3.61. The number of nitrogens with one attached hydrogen (secondary N) is 1. The Morgan fingerprint density at radius 2 is 2.32 bits per heavy atom. The Morgan fingerprint density at radius 3 is 3.05 bits per heavy atom. The Bertz CT molecular complexity index is 448. The fourth-order valence-corrected chi connectivity index (χ4v) is 2.42. The van der Waals surface area contributed by atoms with Gasteiger partial charge in [-0.2, -0.15) is 0 Å². The first-order chi connectivity index (χ1) is 9.20. The highest BCUT2D eigenvalue weighted by Crippen LogP contribution is 2.15. The topological polar surface area (TPSA) is 79.9 Å². The van der Waals surface area contributed by atoms with Crippen LogP contribution < -0.4 is 11.1 Å². The second-order valence-electron chi connectivity index (χ2n) is 4.93. The number of amidine groups is 1. The van der Waals surface area contributed by atoms with Crippen LogP contribution in [0.3, 0.4) is 0 Å². The van der Waals surface area contributed by atoms with E-state index in [-0.39, 0.29) is 5.84 Å². The molecule has 0 aliphatic carbocycles. The monoisotopic (exact) mass is 263 g/mol. The molecular formula is C14H21N3O2. The fraction of sp³-hybridized carbons (Fsp3) is 0.500. The van der Waals surface area contributed by atoms with Crippen molar-refractivity contribution in [1.82, 2.24) is 5.32 Å². The van der Waals surface area contributed by atoms with Gasteiger partial charge < -0.3 is 21.0 Å². The smallest absolute Gasteiger partial charge is 0.170 e. The van der Waals surface area contributed by atoms with E-state index in [9.17, 15) is 0 Å². The van der Waals surface area contributed by atoms with E-state index < -0.39 is 0 Å². The summed E-state index contributed by atoms with van der Waals surface area (Å²) in [6.07, 6.45) is 2.35. The molecule has 1 aliphatic rings. The Morgan fingerprint density at radius 1 is 1.53 bits per heavy atom. The summed E-state index contributed by atoms with van der Waals surface area (Å²) in [4.78, 5) is 0. The number of hydrogen-bond acceptors (Lipinski definition) is 4. The summed E-state index contributed by atoms with van der Waals surface area (Å²) in [7, 11) is 0. The van der Waals surface area contributed by atoms with Crippen LogP contribution in [0.1, 0.15) is 30.9 Å². The Hall–Kier alpha value is -1.59. The van der Waals surface area contributed by atoms with E-state index in [2.05, 4.69) is 17.4 Å². The molecule has 104 valence electrons. The molecule has 1 aliphatic heterocycles. The molecule has 5 heteroatoms. The van der Waals surface area contributed by atoms with E-state index >= 15 is 0 Å². The minimum atomic E-state index is 0.151. The standard InChI is InChI=1S/C14H21N3O2/c1-10-8-12(6-7-19-10)16-9-11-4-2-3-5-13(11)14(15)17-18/h2-5,10,12,16,18H,6-9H2,1H3,(H2,15,17). The molecule has 0 saturated carbocycles. The van der Waals surface area contributed by atoms with Gasteiger partial charge in [0, 0.05) is 24.8 Å². The van der Waals surface area contributed by atoms with Gasteiger partial charge in [-0.15, -0.1) is 0 Å². The van der Waals surface area contributed by atoms with Gasteiger partial charge in [0.1, 0.15) is 0 Å². The highest BCUT2D eigenvalue weighted by atomic mass is 16.5. The number of rotatable bonds is 4. The molecule has 1 saturated heterocycles. The van der Waals surface area contributed by atoms with Crippen LogP contribution in [0.4, 0.5) is 0 Å². The molecular weight excluding hydrogens is 242 g/mol. The molecule has 0 amide bonds. The molecule has 0 spiro atoms. The molecule has 2 atom stereocenters. The number of hydrogen-bond donors (Lipinski definition) is 3. The summed E-state index contributed by atoms with van der Waals surface area (Å²) in [6, 6.07) is 8.15. The van der Waals surface area contributed by atoms with Crippen LogP contribution in [0.2, 0.25) is 0 Å². The summed E-state index contributed by atoms with van der Waals surface area (Å²) >= 11 is 0. The average Bonchev–Trinajstić information content (AvgIpc) is 2.45. The number of benzene rings is 1. The quantitative estimate of drug-likeness (QED) is 0.332. The Kier molecular flexibility index (Phi) is 4.76. The van der Waals surface area contributed by atoms with Crippen molar-refractivity contribution in [2.75, 3.05) is 6.61 Å². The van der Waals surface area contributed by atoms with E-state index in [0.29, 0.717) is 18.7 Å². The van der Waals surface area contributed by atoms with Crippen molar-refractivity contribution in [3.8, 4) is 0 Å². The molecule has 5 nitrogen and oxygen atoms in total. The second kappa shape index (κ2) is 6.54. The minimum Gasteiger partial charge on any atom is -0.409 e. The van der Waals surface area contributed by atoms with Gasteiger partial charge in [-0.1, -0.05) is 29.4 Å². The third-order valence-corrected chi connectivity index (χ3v) is 3.47. The van der Waals surface area contributed by atoms with Crippen molar-refractivity contribution in [3.63, 3.8) is 0 Å². The first-order valence-electron chi connectivity index (χ1n) is 6.61. The van der Waals surface area contributed by atoms with Crippen LogP contribution in [-0.2, 0) is 11.3 Å². The third kappa shape index (κ3) is 3.68. The van der Waals surface area contributed by atoms with E-state index in [1.165, 1.54) is 0 Å². The molecule has 19 heavy (non-hydrogen) atoms. The molecule has 1 fully saturated rings. The summed E-state index contributed by atoms with van der Waals surface area (Å²) < 4.78 is 5.53. The lowest BCUT2D eigenvalue weighted by atomic mass is 10.0. The molecule has 0 aromatic heterocycles. The van der Waals surface area contributed by atoms with E-state index in [1.807, 2.05) is 24.3 Å². The predicted octanol–water partition coefficient (Wildman–Crippen LogP) is 1.44. The molecule has 2 rings (SSSR count). The van der Waals surface area contributed by atoms with Gasteiger partial charge in [-0.3, -0.25) is 0 Å². The third-order valence-electron chi connectivity index (χ3n) is 3.47. The SMILES string of the molecule is CC1CC(NCc2ccccc2/C(N)=N/O)CCO1. The normalized spacial score (nSPS) is 24.4. The van der Waals surface area contributed by atoms with Crippen molar-refractivity contribution in [2.24, 2.45) is 10.9 Å². The second-order valence-corrected chi connectivity index (χ2v) is 4.93. The maximum Gasteiger partial charge on any atom is 0.170 e. The minimum absolute atomic E-state index is 0.151. The summed E-state index contributed by atoms with van der Waals surface area (Å²) in [5.74, 6) is 0.151. The van der Waals surface area contributed by atoms with E-state index in [1.54, 1.807) is 0 Å². The first kappa shape index (κ1) is 13.8. The zero-order valence-electron chi connectivity index (χ0n) is 11.2. The lowest BCUT2D eigenvalue weighted by Crippen LogP contribution is -2.37. The molecule has 4 N–H and O–H groups in total. The van der Waals surface area contributed by atoms with Crippen LogP contribution >= 0.6 is 0 Å².